The van der Waals surface area contributed by atoms with E-state index in [0.717, 1.165) is 16.9 Å². The fourth-order valence-corrected chi connectivity index (χ4v) is 2.07. The summed E-state index contributed by atoms with van der Waals surface area (Å²) in [4.78, 5) is 10.2. The van der Waals surface area contributed by atoms with Gasteiger partial charge in [-0.15, -0.1) is 0 Å². The van der Waals surface area contributed by atoms with E-state index in [1.165, 1.54) is 17.7 Å². The number of hydrogen-bond donors (Lipinski definition) is 0. The van der Waals surface area contributed by atoms with E-state index in [0.29, 0.717) is 0 Å². The van der Waals surface area contributed by atoms with Crippen molar-refractivity contribution in [1.82, 2.24) is 9.78 Å². The second-order valence-corrected chi connectivity index (χ2v) is 4.79. The Kier molecular flexibility index (Phi) is 3.23. The van der Waals surface area contributed by atoms with Gasteiger partial charge in [-0.3, -0.25) is 10.1 Å². The summed E-state index contributed by atoms with van der Waals surface area (Å²) >= 11 is 0. The first kappa shape index (κ1) is 13.1. The molecule has 0 aliphatic carbocycles. The van der Waals surface area contributed by atoms with Gasteiger partial charge in [-0.1, -0.05) is 29.8 Å². The number of benzene rings is 2. The number of nitrogens with zero attached hydrogens (tertiary/aromatic N) is 3. The zero-order valence-electron chi connectivity index (χ0n) is 11.4. The van der Waals surface area contributed by atoms with E-state index >= 15 is 0 Å². The largest absolute Gasteiger partial charge is 0.269 e. The average molecular weight is 279 g/mol. The van der Waals surface area contributed by atoms with Crippen molar-refractivity contribution in [1.29, 1.82) is 0 Å². The Bertz CT molecular complexity index is 774. The molecule has 5 nitrogen and oxygen atoms in total. The highest BCUT2D eigenvalue weighted by Crippen LogP contribution is 2.20. The smallest absolute Gasteiger partial charge is 0.258 e. The number of non-ortho nitro benzene ring substituents is 1. The van der Waals surface area contributed by atoms with Gasteiger partial charge in [-0.25, -0.2) is 4.68 Å². The van der Waals surface area contributed by atoms with Gasteiger partial charge in [0.25, 0.3) is 5.69 Å². The highest BCUT2D eigenvalue weighted by Gasteiger charge is 2.07. The number of nitro benzene ring substituents is 1. The summed E-state index contributed by atoms with van der Waals surface area (Å²) in [7, 11) is 0. The van der Waals surface area contributed by atoms with Crippen LogP contribution >= 0.6 is 0 Å². The van der Waals surface area contributed by atoms with Crippen LogP contribution in [0.15, 0.2) is 60.8 Å². The lowest BCUT2D eigenvalue weighted by molar-refractivity contribution is -0.384. The van der Waals surface area contributed by atoms with Gasteiger partial charge in [-0.05, 0) is 25.1 Å². The van der Waals surface area contributed by atoms with E-state index in [1.54, 1.807) is 16.8 Å². The zero-order valence-corrected chi connectivity index (χ0v) is 11.4. The van der Waals surface area contributed by atoms with Crippen LogP contribution in [0.3, 0.4) is 0 Å². The first-order chi connectivity index (χ1) is 10.1. The van der Waals surface area contributed by atoms with Crippen molar-refractivity contribution in [3.8, 4) is 16.9 Å². The van der Waals surface area contributed by atoms with Crippen molar-refractivity contribution >= 4 is 5.69 Å². The van der Waals surface area contributed by atoms with Crippen molar-refractivity contribution in [2.45, 2.75) is 6.92 Å². The molecular formula is C16H13N3O2. The minimum absolute atomic E-state index is 0.0738. The summed E-state index contributed by atoms with van der Waals surface area (Å²) in [5.41, 5.74) is 3.98. The Labute approximate surface area is 121 Å². The molecule has 3 rings (SSSR count). The van der Waals surface area contributed by atoms with Gasteiger partial charge in [0, 0.05) is 23.9 Å². The molecule has 0 amide bonds. The Morgan fingerprint density at radius 3 is 2.29 bits per heavy atom. The quantitative estimate of drug-likeness (QED) is 0.541. The van der Waals surface area contributed by atoms with Gasteiger partial charge in [-0.2, -0.15) is 5.10 Å². The fraction of sp³-hybridized carbons (Fsp3) is 0.0625. The SMILES string of the molecule is Cc1ccc(-c2ccn(-c3ccc([N+](=O)[O-])cc3)n2)cc1. The van der Waals surface area contributed by atoms with Crippen LogP contribution in [0.5, 0.6) is 0 Å². The van der Waals surface area contributed by atoms with Gasteiger partial charge in [0.2, 0.25) is 0 Å². The molecular weight excluding hydrogens is 266 g/mol. The summed E-state index contributed by atoms with van der Waals surface area (Å²) in [6, 6.07) is 16.4. The van der Waals surface area contributed by atoms with E-state index in [-0.39, 0.29) is 5.69 Å². The molecule has 0 unspecified atom stereocenters. The molecule has 1 heterocycles. The van der Waals surface area contributed by atoms with Gasteiger partial charge in [0.1, 0.15) is 0 Å². The van der Waals surface area contributed by atoms with E-state index in [2.05, 4.69) is 5.10 Å². The zero-order chi connectivity index (χ0) is 14.8. The van der Waals surface area contributed by atoms with Crippen LogP contribution in [0.2, 0.25) is 0 Å². The summed E-state index contributed by atoms with van der Waals surface area (Å²) in [6.07, 6.45) is 1.84. The van der Waals surface area contributed by atoms with E-state index in [1.807, 2.05) is 43.5 Å². The third-order valence-corrected chi connectivity index (χ3v) is 3.26. The molecule has 2 aromatic carbocycles. The van der Waals surface area contributed by atoms with Crippen LogP contribution in [0.4, 0.5) is 5.69 Å². The molecule has 0 radical (unpaired) electrons. The van der Waals surface area contributed by atoms with E-state index < -0.39 is 4.92 Å². The summed E-state index contributed by atoms with van der Waals surface area (Å²) < 4.78 is 1.71. The molecule has 0 aliphatic heterocycles. The standard InChI is InChI=1S/C16H13N3O2/c1-12-2-4-13(5-3-12)16-10-11-18(17-16)14-6-8-15(9-7-14)19(20)21/h2-11H,1H3. The highest BCUT2D eigenvalue weighted by atomic mass is 16.6. The van der Waals surface area contributed by atoms with Crippen molar-refractivity contribution < 1.29 is 4.92 Å². The lowest BCUT2D eigenvalue weighted by Crippen LogP contribution is -1.95. The normalized spacial score (nSPS) is 10.5. The number of nitro groups is 1. The van der Waals surface area contributed by atoms with Crippen LogP contribution in [-0.2, 0) is 0 Å². The molecule has 0 aliphatic rings. The van der Waals surface area contributed by atoms with Gasteiger partial charge >= 0.3 is 0 Å². The summed E-state index contributed by atoms with van der Waals surface area (Å²) in [6.45, 7) is 2.04. The van der Waals surface area contributed by atoms with Crippen molar-refractivity contribution in [3.63, 3.8) is 0 Å². The number of rotatable bonds is 3. The van der Waals surface area contributed by atoms with E-state index in [9.17, 15) is 10.1 Å². The third kappa shape index (κ3) is 2.67. The molecule has 0 saturated heterocycles. The molecule has 104 valence electrons. The Hall–Kier alpha value is -2.95. The first-order valence-corrected chi connectivity index (χ1v) is 6.51. The summed E-state index contributed by atoms with van der Waals surface area (Å²) in [5.74, 6) is 0. The monoisotopic (exact) mass is 279 g/mol. The van der Waals surface area contributed by atoms with Crippen molar-refractivity contribution in [3.05, 3.63) is 76.5 Å². The minimum Gasteiger partial charge on any atom is -0.258 e. The maximum Gasteiger partial charge on any atom is 0.269 e. The third-order valence-electron chi connectivity index (χ3n) is 3.26. The maximum absolute atomic E-state index is 10.6. The molecule has 0 spiro atoms. The number of hydrogen-bond acceptors (Lipinski definition) is 3. The van der Waals surface area contributed by atoms with Gasteiger partial charge in [0.05, 0.1) is 16.3 Å². The average Bonchev–Trinajstić information content (AvgIpc) is 2.98. The van der Waals surface area contributed by atoms with Gasteiger partial charge in [0.15, 0.2) is 0 Å². The lowest BCUT2D eigenvalue weighted by atomic mass is 10.1. The van der Waals surface area contributed by atoms with Gasteiger partial charge < -0.3 is 0 Å². The van der Waals surface area contributed by atoms with Crippen molar-refractivity contribution in [2.24, 2.45) is 0 Å². The summed E-state index contributed by atoms with van der Waals surface area (Å²) in [5, 5.41) is 15.2. The van der Waals surface area contributed by atoms with Crippen LogP contribution < -0.4 is 0 Å². The number of aryl methyl sites for hydroxylation is 1. The second-order valence-electron chi connectivity index (χ2n) is 4.79. The molecule has 21 heavy (non-hydrogen) atoms. The molecule has 0 N–H and O–H groups in total. The predicted molar refractivity (Wildman–Crippen MR) is 80.4 cm³/mol. The van der Waals surface area contributed by atoms with Crippen LogP contribution in [0, 0.1) is 17.0 Å². The molecule has 5 heteroatoms. The molecule has 1 aromatic heterocycles. The van der Waals surface area contributed by atoms with Crippen molar-refractivity contribution in [2.75, 3.05) is 0 Å². The topological polar surface area (TPSA) is 61.0 Å². The van der Waals surface area contributed by atoms with E-state index in [4.69, 9.17) is 0 Å². The Balaban J connectivity index is 1.90. The first-order valence-electron chi connectivity index (χ1n) is 6.51. The molecule has 0 bridgehead atoms. The molecule has 0 fully saturated rings. The van der Waals surface area contributed by atoms with Crippen LogP contribution in [0.1, 0.15) is 5.56 Å². The highest BCUT2D eigenvalue weighted by molar-refractivity contribution is 5.59. The van der Waals surface area contributed by atoms with Crippen LogP contribution in [-0.4, -0.2) is 14.7 Å². The fourth-order valence-electron chi connectivity index (χ4n) is 2.07. The number of aromatic nitrogens is 2. The Morgan fingerprint density at radius 1 is 1.00 bits per heavy atom. The molecule has 0 atom stereocenters. The lowest BCUT2D eigenvalue weighted by Gasteiger charge is -2.01. The second kappa shape index (κ2) is 5.20. The van der Waals surface area contributed by atoms with Crippen LogP contribution in [0.25, 0.3) is 16.9 Å². The molecule has 0 saturated carbocycles. The predicted octanol–water partition coefficient (Wildman–Crippen LogP) is 3.76. The maximum atomic E-state index is 10.6. The Morgan fingerprint density at radius 2 is 1.67 bits per heavy atom. The molecule has 3 aromatic rings. The minimum atomic E-state index is -0.412.